The predicted molar refractivity (Wildman–Crippen MR) is 79.4 cm³/mol. The predicted octanol–water partition coefficient (Wildman–Crippen LogP) is 2.85. The Morgan fingerprint density at radius 2 is 1.70 bits per heavy atom. The number of nitrogens with one attached hydrogen (secondary N) is 1. The molecule has 0 aromatic heterocycles. The van der Waals surface area contributed by atoms with Gasteiger partial charge in [-0.2, -0.15) is 0 Å². The van der Waals surface area contributed by atoms with Crippen LogP contribution in [0.1, 0.15) is 11.7 Å². The fraction of sp³-hybridized carbons (Fsp3) is 0.250. The summed E-state index contributed by atoms with van der Waals surface area (Å²) in [6.45, 7) is 0.430. The van der Waals surface area contributed by atoms with Gasteiger partial charge in [0.2, 0.25) is 0 Å². The van der Waals surface area contributed by atoms with Crippen LogP contribution in [0.25, 0.3) is 0 Å². The van der Waals surface area contributed by atoms with Crippen molar-refractivity contribution in [1.82, 2.24) is 0 Å². The third-order valence-corrected chi connectivity index (χ3v) is 3.07. The molecule has 0 bridgehead atoms. The molecule has 0 radical (unpaired) electrons. The van der Waals surface area contributed by atoms with Crippen molar-refractivity contribution in [2.24, 2.45) is 0 Å². The molecule has 1 unspecified atom stereocenters. The van der Waals surface area contributed by atoms with Crippen LogP contribution in [0.3, 0.4) is 0 Å². The zero-order valence-corrected chi connectivity index (χ0v) is 11.7. The summed E-state index contributed by atoms with van der Waals surface area (Å²) >= 11 is 0. The number of methoxy groups -OCH3 is 2. The van der Waals surface area contributed by atoms with E-state index in [0.717, 1.165) is 11.3 Å². The van der Waals surface area contributed by atoms with Gasteiger partial charge in [0.05, 0.1) is 20.3 Å². The van der Waals surface area contributed by atoms with E-state index in [9.17, 15) is 5.11 Å². The van der Waals surface area contributed by atoms with Crippen molar-refractivity contribution in [3.63, 3.8) is 0 Å². The zero-order chi connectivity index (χ0) is 14.4. The van der Waals surface area contributed by atoms with Crippen molar-refractivity contribution in [3.05, 3.63) is 54.1 Å². The molecule has 0 saturated heterocycles. The third kappa shape index (κ3) is 3.42. The number of anilines is 1. The van der Waals surface area contributed by atoms with Crippen LogP contribution in [0.5, 0.6) is 11.5 Å². The van der Waals surface area contributed by atoms with Crippen LogP contribution in [-0.4, -0.2) is 25.9 Å². The zero-order valence-electron chi connectivity index (χ0n) is 11.7. The van der Waals surface area contributed by atoms with Gasteiger partial charge in [0.1, 0.15) is 0 Å². The summed E-state index contributed by atoms with van der Waals surface area (Å²) in [7, 11) is 3.20. The molecule has 106 valence electrons. The van der Waals surface area contributed by atoms with Gasteiger partial charge in [0.25, 0.3) is 0 Å². The molecule has 1 atom stereocenters. The SMILES string of the molecule is COc1ccc(NCC(O)c2ccccc2)cc1OC. The quantitative estimate of drug-likeness (QED) is 0.849. The lowest BCUT2D eigenvalue weighted by Gasteiger charge is -2.14. The highest BCUT2D eigenvalue weighted by Gasteiger charge is 2.08. The first kappa shape index (κ1) is 14.2. The molecule has 2 rings (SSSR count). The Kier molecular flexibility index (Phi) is 4.85. The number of aliphatic hydroxyl groups is 1. The van der Waals surface area contributed by atoms with Crippen LogP contribution in [0.2, 0.25) is 0 Å². The topological polar surface area (TPSA) is 50.7 Å². The second-order valence-electron chi connectivity index (χ2n) is 4.38. The summed E-state index contributed by atoms with van der Waals surface area (Å²) in [4.78, 5) is 0. The molecular formula is C16H19NO3. The minimum absolute atomic E-state index is 0.430. The maximum atomic E-state index is 10.1. The molecule has 20 heavy (non-hydrogen) atoms. The summed E-state index contributed by atoms with van der Waals surface area (Å²) in [6.07, 6.45) is -0.552. The van der Waals surface area contributed by atoms with Crippen molar-refractivity contribution < 1.29 is 14.6 Å². The Labute approximate surface area is 119 Å². The lowest BCUT2D eigenvalue weighted by molar-refractivity contribution is 0.191. The summed E-state index contributed by atoms with van der Waals surface area (Å²) < 4.78 is 10.4. The van der Waals surface area contributed by atoms with Crippen LogP contribution in [0.15, 0.2) is 48.5 Å². The number of rotatable bonds is 6. The van der Waals surface area contributed by atoms with Crippen molar-refractivity contribution in [3.8, 4) is 11.5 Å². The summed E-state index contributed by atoms with van der Waals surface area (Å²) in [6, 6.07) is 15.1. The molecule has 0 amide bonds. The van der Waals surface area contributed by atoms with E-state index in [4.69, 9.17) is 9.47 Å². The molecule has 2 aromatic carbocycles. The molecule has 0 aliphatic carbocycles. The highest BCUT2D eigenvalue weighted by Crippen LogP contribution is 2.29. The lowest BCUT2D eigenvalue weighted by atomic mass is 10.1. The average molecular weight is 273 g/mol. The minimum Gasteiger partial charge on any atom is -0.493 e. The fourth-order valence-corrected chi connectivity index (χ4v) is 1.95. The van der Waals surface area contributed by atoms with Crippen LogP contribution >= 0.6 is 0 Å². The molecule has 0 aliphatic rings. The molecule has 2 N–H and O–H groups in total. The molecular weight excluding hydrogens is 254 g/mol. The van der Waals surface area contributed by atoms with Crippen LogP contribution in [0.4, 0.5) is 5.69 Å². The normalized spacial score (nSPS) is 11.8. The van der Waals surface area contributed by atoms with Gasteiger partial charge < -0.3 is 19.9 Å². The molecule has 4 nitrogen and oxygen atoms in total. The first-order valence-corrected chi connectivity index (χ1v) is 6.43. The molecule has 0 saturated carbocycles. The molecule has 4 heteroatoms. The van der Waals surface area contributed by atoms with Crippen molar-refractivity contribution in [1.29, 1.82) is 0 Å². The van der Waals surface area contributed by atoms with E-state index in [1.165, 1.54) is 0 Å². The van der Waals surface area contributed by atoms with E-state index in [1.807, 2.05) is 48.5 Å². The second kappa shape index (κ2) is 6.82. The largest absolute Gasteiger partial charge is 0.493 e. The Morgan fingerprint density at radius 3 is 2.35 bits per heavy atom. The van der Waals surface area contributed by atoms with Gasteiger partial charge in [-0.1, -0.05) is 30.3 Å². The summed E-state index contributed by atoms with van der Waals surface area (Å²) in [5.74, 6) is 1.34. The number of hydrogen-bond acceptors (Lipinski definition) is 4. The monoisotopic (exact) mass is 273 g/mol. The van der Waals surface area contributed by atoms with E-state index in [2.05, 4.69) is 5.32 Å². The van der Waals surface area contributed by atoms with Crippen LogP contribution < -0.4 is 14.8 Å². The van der Waals surface area contributed by atoms with Crippen LogP contribution in [-0.2, 0) is 0 Å². The number of benzene rings is 2. The Bertz CT molecular complexity index is 543. The second-order valence-corrected chi connectivity index (χ2v) is 4.38. The highest BCUT2D eigenvalue weighted by atomic mass is 16.5. The van der Waals surface area contributed by atoms with E-state index in [1.54, 1.807) is 14.2 Å². The maximum absolute atomic E-state index is 10.1. The van der Waals surface area contributed by atoms with Crippen molar-refractivity contribution >= 4 is 5.69 Å². The number of aliphatic hydroxyl groups excluding tert-OH is 1. The van der Waals surface area contributed by atoms with E-state index < -0.39 is 6.10 Å². The van der Waals surface area contributed by atoms with Crippen LogP contribution in [0, 0.1) is 0 Å². The minimum atomic E-state index is -0.552. The van der Waals surface area contributed by atoms with Gasteiger partial charge in [0.15, 0.2) is 11.5 Å². The van der Waals surface area contributed by atoms with Gasteiger partial charge in [-0.05, 0) is 17.7 Å². The fourth-order valence-electron chi connectivity index (χ4n) is 1.95. The molecule has 0 spiro atoms. The molecule has 0 fully saturated rings. The van der Waals surface area contributed by atoms with Gasteiger partial charge in [-0.15, -0.1) is 0 Å². The first-order chi connectivity index (χ1) is 9.74. The standard InChI is InChI=1S/C16H19NO3/c1-19-15-9-8-13(10-16(15)20-2)17-11-14(18)12-6-4-3-5-7-12/h3-10,14,17-18H,11H2,1-2H3. The van der Waals surface area contributed by atoms with Gasteiger partial charge in [0, 0.05) is 18.3 Å². The van der Waals surface area contributed by atoms with E-state index in [-0.39, 0.29) is 0 Å². The van der Waals surface area contributed by atoms with Gasteiger partial charge in [-0.3, -0.25) is 0 Å². The lowest BCUT2D eigenvalue weighted by Crippen LogP contribution is -2.12. The highest BCUT2D eigenvalue weighted by molar-refractivity contribution is 5.54. The van der Waals surface area contributed by atoms with Gasteiger partial charge in [-0.25, -0.2) is 0 Å². The maximum Gasteiger partial charge on any atom is 0.162 e. The Balaban J connectivity index is 2.00. The smallest absolute Gasteiger partial charge is 0.162 e. The molecule has 2 aromatic rings. The molecule has 0 aliphatic heterocycles. The summed E-state index contributed by atoms with van der Waals surface area (Å²) in [5, 5.41) is 13.3. The van der Waals surface area contributed by atoms with Crippen molar-refractivity contribution in [2.75, 3.05) is 26.1 Å². The third-order valence-electron chi connectivity index (χ3n) is 3.07. The number of ether oxygens (including phenoxy) is 2. The van der Waals surface area contributed by atoms with E-state index in [0.29, 0.717) is 18.0 Å². The average Bonchev–Trinajstić information content (AvgIpc) is 2.53. The summed E-state index contributed by atoms with van der Waals surface area (Å²) in [5.41, 5.74) is 1.76. The Morgan fingerprint density at radius 1 is 1.00 bits per heavy atom. The first-order valence-electron chi connectivity index (χ1n) is 6.43. The number of hydrogen-bond donors (Lipinski definition) is 2. The Hall–Kier alpha value is -2.20. The van der Waals surface area contributed by atoms with Crippen molar-refractivity contribution in [2.45, 2.75) is 6.10 Å². The molecule has 0 heterocycles. The van der Waals surface area contributed by atoms with E-state index >= 15 is 0 Å². The van der Waals surface area contributed by atoms with Gasteiger partial charge >= 0.3 is 0 Å².